The van der Waals surface area contributed by atoms with Crippen LogP contribution in [0.4, 0.5) is 0 Å². The Morgan fingerprint density at radius 3 is 2.71 bits per heavy atom. The van der Waals surface area contributed by atoms with Crippen molar-refractivity contribution in [1.29, 1.82) is 0 Å². The van der Waals surface area contributed by atoms with Gasteiger partial charge >= 0.3 is 0 Å². The molecule has 0 aliphatic rings. The molecule has 0 radical (unpaired) electrons. The van der Waals surface area contributed by atoms with Crippen molar-refractivity contribution < 1.29 is 4.42 Å². The number of rotatable bonds is 4. The molecule has 1 aromatic carbocycles. The van der Waals surface area contributed by atoms with Crippen molar-refractivity contribution in [2.75, 3.05) is 5.75 Å². The topological polar surface area (TPSA) is 38.9 Å². The van der Waals surface area contributed by atoms with Crippen LogP contribution in [0.3, 0.4) is 0 Å². The summed E-state index contributed by atoms with van der Waals surface area (Å²) in [5.41, 5.74) is 1.09. The van der Waals surface area contributed by atoms with Crippen molar-refractivity contribution in [3.63, 3.8) is 0 Å². The van der Waals surface area contributed by atoms with Crippen LogP contribution in [0.15, 0.2) is 38.4 Å². The zero-order chi connectivity index (χ0) is 12.1. The molecule has 0 aliphatic carbocycles. The molecule has 0 N–H and O–H groups in total. The lowest BCUT2D eigenvalue weighted by Gasteiger charge is -1.92. The number of hydrogen-bond acceptors (Lipinski definition) is 4. The number of halogens is 1. The van der Waals surface area contributed by atoms with Crippen LogP contribution in [0.2, 0.25) is 0 Å². The van der Waals surface area contributed by atoms with Crippen LogP contribution in [-0.4, -0.2) is 16.0 Å². The molecule has 88 valence electrons. The number of nitrogens with zero attached hydrogens (tertiary/aromatic N) is 2. The van der Waals surface area contributed by atoms with E-state index in [0.29, 0.717) is 11.1 Å². The van der Waals surface area contributed by atoms with E-state index in [1.807, 2.05) is 43.3 Å². The van der Waals surface area contributed by atoms with Gasteiger partial charge in [0, 0.05) is 10.5 Å². The molecule has 0 bridgehead atoms. The maximum absolute atomic E-state index is 5.41. The van der Waals surface area contributed by atoms with Crippen molar-refractivity contribution in [2.24, 2.45) is 0 Å². The molecule has 0 unspecified atom stereocenters. The fourth-order valence-electron chi connectivity index (χ4n) is 1.21. The lowest BCUT2D eigenvalue weighted by atomic mass is 10.2. The lowest BCUT2D eigenvalue weighted by molar-refractivity contribution is 0.446. The average molecular weight is 311 g/mol. The van der Waals surface area contributed by atoms with E-state index in [4.69, 9.17) is 4.42 Å². The number of aromatic nitrogens is 2. The zero-order valence-electron chi connectivity index (χ0n) is 9.26. The van der Waals surface area contributed by atoms with Gasteiger partial charge in [-0.3, -0.25) is 0 Å². The van der Waals surface area contributed by atoms with Crippen LogP contribution in [0.25, 0.3) is 12.2 Å². The third-order valence-corrected chi connectivity index (χ3v) is 3.21. The molecule has 3 nitrogen and oxygen atoms in total. The first-order chi connectivity index (χ1) is 8.28. The molecule has 0 fully saturated rings. The molecule has 2 rings (SSSR count). The van der Waals surface area contributed by atoms with Gasteiger partial charge in [0.15, 0.2) is 0 Å². The molecular weight excluding hydrogens is 300 g/mol. The van der Waals surface area contributed by atoms with Gasteiger partial charge in [0.1, 0.15) is 0 Å². The number of hydrogen-bond donors (Lipinski definition) is 0. The first-order valence-electron chi connectivity index (χ1n) is 5.18. The zero-order valence-corrected chi connectivity index (χ0v) is 11.7. The summed E-state index contributed by atoms with van der Waals surface area (Å²) in [7, 11) is 0. The molecule has 2 aromatic rings. The van der Waals surface area contributed by atoms with Gasteiger partial charge in [0.05, 0.1) is 0 Å². The minimum absolute atomic E-state index is 0.531. The van der Waals surface area contributed by atoms with Gasteiger partial charge in [0.2, 0.25) is 5.89 Å². The molecule has 1 aromatic heterocycles. The van der Waals surface area contributed by atoms with Gasteiger partial charge in [-0.2, -0.15) is 0 Å². The van der Waals surface area contributed by atoms with Gasteiger partial charge in [-0.1, -0.05) is 46.7 Å². The van der Waals surface area contributed by atoms with E-state index in [1.54, 1.807) is 0 Å². The second kappa shape index (κ2) is 6.02. The highest BCUT2D eigenvalue weighted by Gasteiger charge is 2.01. The highest BCUT2D eigenvalue weighted by molar-refractivity contribution is 9.10. The minimum atomic E-state index is 0.531. The summed E-state index contributed by atoms with van der Waals surface area (Å²) >= 11 is 4.93. The van der Waals surface area contributed by atoms with Crippen molar-refractivity contribution >= 4 is 39.8 Å². The Kier molecular flexibility index (Phi) is 4.39. The SMILES string of the molecule is CCSc1nnc(/C=C/c2ccc(Br)cc2)o1. The highest BCUT2D eigenvalue weighted by atomic mass is 79.9. The summed E-state index contributed by atoms with van der Waals surface area (Å²) in [5, 5.41) is 8.47. The Morgan fingerprint density at radius 1 is 1.24 bits per heavy atom. The van der Waals surface area contributed by atoms with Gasteiger partial charge < -0.3 is 4.42 Å². The summed E-state index contributed by atoms with van der Waals surface area (Å²) in [6.07, 6.45) is 3.76. The van der Waals surface area contributed by atoms with E-state index in [9.17, 15) is 0 Å². The Labute approximate surface area is 112 Å². The fourth-order valence-corrected chi connectivity index (χ4v) is 1.97. The van der Waals surface area contributed by atoms with Crippen molar-refractivity contribution in [3.8, 4) is 0 Å². The Bertz CT molecular complexity index is 507. The number of thioether (sulfide) groups is 1. The summed E-state index contributed by atoms with van der Waals surface area (Å²) in [6, 6.07) is 8.01. The van der Waals surface area contributed by atoms with Crippen LogP contribution in [0.1, 0.15) is 18.4 Å². The van der Waals surface area contributed by atoms with E-state index < -0.39 is 0 Å². The first kappa shape index (κ1) is 12.4. The quantitative estimate of drug-likeness (QED) is 0.796. The van der Waals surface area contributed by atoms with Crippen LogP contribution in [-0.2, 0) is 0 Å². The van der Waals surface area contributed by atoms with Crippen molar-refractivity contribution in [1.82, 2.24) is 10.2 Å². The Morgan fingerprint density at radius 2 is 2.00 bits per heavy atom. The largest absolute Gasteiger partial charge is 0.412 e. The van der Waals surface area contributed by atoms with Gasteiger partial charge in [-0.15, -0.1) is 10.2 Å². The average Bonchev–Trinajstić information content (AvgIpc) is 2.77. The van der Waals surface area contributed by atoms with E-state index in [2.05, 4.69) is 26.1 Å². The Balaban J connectivity index is 2.06. The van der Waals surface area contributed by atoms with E-state index in [1.165, 1.54) is 11.8 Å². The monoisotopic (exact) mass is 310 g/mol. The predicted molar refractivity (Wildman–Crippen MR) is 73.8 cm³/mol. The van der Waals surface area contributed by atoms with E-state index in [-0.39, 0.29) is 0 Å². The summed E-state index contributed by atoms with van der Waals surface area (Å²) in [5.74, 6) is 1.46. The van der Waals surface area contributed by atoms with E-state index in [0.717, 1.165) is 15.8 Å². The smallest absolute Gasteiger partial charge is 0.276 e. The van der Waals surface area contributed by atoms with Gasteiger partial charge in [-0.25, -0.2) is 0 Å². The van der Waals surface area contributed by atoms with E-state index >= 15 is 0 Å². The molecule has 0 amide bonds. The molecule has 0 aliphatic heterocycles. The maximum Gasteiger partial charge on any atom is 0.276 e. The standard InChI is InChI=1S/C12H11BrN2OS/c1-2-17-12-15-14-11(16-12)8-5-9-3-6-10(13)7-4-9/h3-8H,2H2,1H3/b8-5+. The third kappa shape index (κ3) is 3.71. The van der Waals surface area contributed by atoms with Crippen LogP contribution in [0.5, 0.6) is 0 Å². The molecule has 0 saturated heterocycles. The van der Waals surface area contributed by atoms with Crippen molar-refractivity contribution in [3.05, 3.63) is 40.2 Å². The number of benzene rings is 1. The maximum atomic E-state index is 5.41. The van der Waals surface area contributed by atoms with Crippen LogP contribution < -0.4 is 0 Å². The summed E-state index contributed by atoms with van der Waals surface area (Å²) in [4.78, 5) is 0. The molecule has 1 heterocycles. The summed E-state index contributed by atoms with van der Waals surface area (Å²) < 4.78 is 6.48. The second-order valence-electron chi connectivity index (χ2n) is 3.22. The van der Waals surface area contributed by atoms with Crippen molar-refractivity contribution in [2.45, 2.75) is 12.1 Å². The molecule has 0 atom stereocenters. The third-order valence-electron chi connectivity index (χ3n) is 1.98. The van der Waals surface area contributed by atoms with Gasteiger partial charge in [0.25, 0.3) is 5.22 Å². The second-order valence-corrected chi connectivity index (χ2v) is 5.36. The minimum Gasteiger partial charge on any atom is -0.412 e. The molecule has 0 spiro atoms. The first-order valence-corrected chi connectivity index (χ1v) is 6.95. The molecular formula is C12H11BrN2OS. The van der Waals surface area contributed by atoms with Crippen LogP contribution >= 0.6 is 27.7 Å². The summed E-state index contributed by atoms with van der Waals surface area (Å²) in [6.45, 7) is 2.05. The predicted octanol–water partition coefficient (Wildman–Crippen LogP) is 4.11. The normalized spacial score (nSPS) is 11.2. The molecule has 5 heteroatoms. The van der Waals surface area contributed by atoms with Crippen LogP contribution in [0, 0.1) is 0 Å². The van der Waals surface area contributed by atoms with Gasteiger partial charge in [-0.05, 0) is 29.5 Å². The molecule has 0 saturated carbocycles. The highest BCUT2D eigenvalue weighted by Crippen LogP contribution is 2.17. The lowest BCUT2D eigenvalue weighted by Crippen LogP contribution is -1.73. The fraction of sp³-hybridized carbons (Fsp3) is 0.167. The Hall–Kier alpha value is -1.07. The molecule has 17 heavy (non-hydrogen) atoms.